The Hall–Kier alpha value is -1.68. The number of rotatable bonds is 1. The van der Waals surface area contributed by atoms with Crippen LogP contribution in [0.25, 0.3) is 5.70 Å². The second kappa shape index (κ2) is 4.78. The van der Waals surface area contributed by atoms with Gasteiger partial charge in [0.2, 0.25) is 12.2 Å². The van der Waals surface area contributed by atoms with Crippen molar-refractivity contribution in [3.8, 4) is 0 Å². The molecule has 0 unspecified atom stereocenters. The van der Waals surface area contributed by atoms with Gasteiger partial charge in [0, 0.05) is 21.7 Å². The zero-order valence-electron chi connectivity index (χ0n) is 11.1. The first kappa shape index (κ1) is 12.4. The zero-order valence-corrected chi connectivity index (χ0v) is 11.1. The van der Waals surface area contributed by atoms with Crippen molar-refractivity contribution in [3.05, 3.63) is 51.7 Å². The van der Waals surface area contributed by atoms with Gasteiger partial charge in [-0.3, -0.25) is 0 Å². The molecule has 1 aromatic carbocycles. The van der Waals surface area contributed by atoms with Gasteiger partial charge in [-0.05, 0) is 19.8 Å². The average molecular weight is 258 g/mol. The van der Waals surface area contributed by atoms with Crippen molar-refractivity contribution < 1.29 is 4.76 Å². The van der Waals surface area contributed by atoms with E-state index in [2.05, 4.69) is 0 Å². The van der Waals surface area contributed by atoms with Crippen LogP contribution in [0, 0.1) is 17.0 Å². The Labute approximate surface area is 112 Å². The van der Waals surface area contributed by atoms with Gasteiger partial charge in [0.15, 0.2) is 0 Å². The van der Waals surface area contributed by atoms with Gasteiger partial charge in [0.1, 0.15) is 5.70 Å². The Balaban J connectivity index is 1.96. The second-order valence-electron chi connectivity index (χ2n) is 5.49. The molecule has 0 spiro atoms. The molecule has 19 heavy (non-hydrogen) atoms. The highest BCUT2D eigenvalue weighted by Crippen LogP contribution is 2.34. The lowest BCUT2D eigenvalue weighted by atomic mass is 9.88. The number of aryl methyl sites for hydroxylation is 1. The smallest absolute Gasteiger partial charge is 0.244 e. The maximum atomic E-state index is 12.5. The van der Waals surface area contributed by atoms with E-state index >= 15 is 0 Å². The summed E-state index contributed by atoms with van der Waals surface area (Å²) in [5, 5.41) is 13.5. The third kappa shape index (κ3) is 2.16. The topological polar surface area (TPSA) is 46.4 Å². The van der Waals surface area contributed by atoms with E-state index in [1.807, 2.05) is 31.2 Å². The molecule has 1 saturated carbocycles. The monoisotopic (exact) mass is 258 g/mol. The molecular weight excluding hydrogens is 240 g/mol. The van der Waals surface area contributed by atoms with Gasteiger partial charge in [-0.2, -0.15) is 0 Å². The molecular formula is C15H18N2O2. The van der Waals surface area contributed by atoms with Gasteiger partial charge < -0.3 is 10.3 Å². The van der Waals surface area contributed by atoms with E-state index in [1.54, 1.807) is 0 Å². The molecule has 2 aliphatic rings. The van der Waals surface area contributed by atoms with Crippen molar-refractivity contribution in [1.29, 1.82) is 0 Å². The standard InChI is InChI=1S/C15H18N2O2/c1-11-6-8-12(9-7-11)15-10-16(18)13-4-2-3-5-14(13)17(15)19/h6-10,13-14H,2-5H2,1H3/t13-,14+/m0/s1. The van der Waals surface area contributed by atoms with Crippen LogP contribution in [0.1, 0.15) is 36.8 Å². The fourth-order valence-electron chi connectivity index (χ4n) is 3.04. The average Bonchev–Trinajstić information content (AvgIpc) is 2.44. The molecule has 1 aromatic rings. The molecule has 1 heterocycles. The zero-order chi connectivity index (χ0) is 13.4. The lowest BCUT2D eigenvalue weighted by Crippen LogP contribution is -2.49. The van der Waals surface area contributed by atoms with E-state index in [0.717, 1.165) is 46.6 Å². The van der Waals surface area contributed by atoms with Gasteiger partial charge in [-0.15, -0.1) is 0 Å². The second-order valence-corrected chi connectivity index (χ2v) is 5.49. The fraction of sp³-hybridized carbons (Fsp3) is 0.467. The quantitative estimate of drug-likeness (QED) is 0.727. The number of fused-ring (bicyclic) bond motifs is 1. The highest BCUT2D eigenvalue weighted by molar-refractivity contribution is 5.64. The van der Waals surface area contributed by atoms with Gasteiger partial charge >= 0.3 is 0 Å². The van der Waals surface area contributed by atoms with Crippen molar-refractivity contribution in [2.45, 2.75) is 44.7 Å². The molecule has 0 saturated heterocycles. The Morgan fingerprint density at radius 3 is 2.63 bits per heavy atom. The molecule has 1 aliphatic heterocycles. The molecule has 0 bridgehead atoms. The molecule has 4 heteroatoms. The summed E-state index contributed by atoms with van der Waals surface area (Å²) in [6, 6.07) is 7.39. The Morgan fingerprint density at radius 2 is 1.89 bits per heavy atom. The lowest BCUT2D eigenvalue weighted by molar-refractivity contribution is -0.536. The minimum Gasteiger partial charge on any atom is -0.758 e. The molecule has 1 fully saturated rings. The van der Waals surface area contributed by atoms with Crippen LogP contribution in [0.3, 0.4) is 0 Å². The highest BCUT2D eigenvalue weighted by atomic mass is 16.5. The highest BCUT2D eigenvalue weighted by Gasteiger charge is 2.41. The summed E-state index contributed by atoms with van der Waals surface area (Å²) in [4.78, 5) is 12.1. The van der Waals surface area contributed by atoms with Gasteiger partial charge in [-0.1, -0.05) is 36.2 Å². The Kier molecular flexibility index (Phi) is 3.11. The van der Waals surface area contributed by atoms with Crippen molar-refractivity contribution >= 4 is 5.70 Å². The van der Waals surface area contributed by atoms with Crippen LogP contribution in [-0.4, -0.2) is 21.9 Å². The van der Waals surface area contributed by atoms with E-state index < -0.39 is 0 Å². The molecule has 0 N–H and O–H groups in total. The molecule has 1 aliphatic carbocycles. The minimum absolute atomic E-state index is 0.166. The molecule has 3 rings (SSSR count). The molecule has 0 amide bonds. The van der Waals surface area contributed by atoms with E-state index in [0.29, 0.717) is 5.70 Å². The fourth-order valence-corrected chi connectivity index (χ4v) is 3.04. The van der Waals surface area contributed by atoms with Crippen LogP contribution in [-0.2, 0) is 0 Å². The van der Waals surface area contributed by atoms with Gasteiger partial charge in [0.25, 0.3) is 0 Å². The van der Waals surface area contributed by atoms with Crippen molar-refractivity contribution in [3.63, 3.8) is 0 Å². The molecule has 0 radical (unpaired) electrons. The van der Waals surface area contributed by atoms with Gasteiger partial charge in [-0.25, -0.2) is 0 Å². The predicted octanol–water partition coefficient (Wildman–Crippen LogP) is 3.20. The number of hydroxylamine groups is 2. The molecule has 4 nitrogen and oxygen atoms in total. The van der Waals surface area contributed by atoms with E-state index in [4.69, 9.17) is 0 Å². The van der Waals surface area contributed by atoms with Crippen LogP contribution in [0.15, 0.2) is 30.5 Å². The van der Waals surface area contributed by atoms with Crippen molar-refractivity contribution in [1.82, 2.24) is 5.06 Å². The van der Waals surface area contributed by atoms with Crippen LogP contribution < -0.4 is 0 Å². The molecule has 2 atom stereocenters. The third-order valence-corrected chi connectivity index (χ3v) is 4.16. The van der Waals surface area contributed by atoms with E-state index in [1.165, 1.54) is 6.20 Å². The van der Waals surface area contributed by atoms with Crippen molar-refractivity contribution in [2.24, 2.45) is 0 Å². The van der Waals surface area contributed by atoms with Crippen LogP contribution in [0.5, 0.6) is 0 Å². The molecule has 100 valence electrons. The number of hydrogen-bond donors (Lipinski definition) is 0. The summed E-state index contributed by atoms with van der Waals surface area (Å²) < 4.78 is 0.993. The number of nitroso groups, excluding NO2 is 1. The van der Waals surface area contributed by atoms with Gasteiger partial charge in [0.05, 0.1) is 6.04 Å². The Morgan fingerprint density at radius 1 is 1.21 bits per heavy atom. The largest absolute Gasteiger partial charge is 0.758 e. The summed E-state index contributed by atoms with van der Waals surface area (Å²) in [6.45, 7) is 2.01. The number of hydrogen-bond acceptors (Lipinski definition) is 3. The number of benzene rings is 1. The Bertz CT molecular complexity index is 521. The minimum atomic E-state index is -0.187. The molecule has 0 aromatic heterocycles. The maximum absolute atomic E-state index is 12.5. The normalized spacial score (nSPS) is 26.9. The first-order valence-corrected chi connectivity index (χ1v) is 6.87. The third-order valence-electron chi connectivity index (χ3n) is 4.16. The summed E-state index contributed by atoms with van der Waals surface area (Å²) in [7, 11) is 0. The SMILES string of the molecule is Cc1ccc(C2=C[N+](=O)[C@H]3CCCC[C@H]3N2[O-])cc1. The summed E-state index contributed by atoms with van der Waals surface area (Å²) >= 11 is 0. The van der Waals surface area contributed by atoms with Crippen LogP contribution in [0.2, 0.25) is 0 Å². The summed E-state index contributed by atoms with van der Waals surface area (Å²) in [5.41, 5.74) is 2.47. The van der Waals surface area contributed by atoms with Crippen LogP contribution >= 0.6 is 0 Å². The van der Waals surface area contributed by atoms with E-state index in [-0.39, 0.29) is 12.1 Å². The number of nitrogens with zero attached hydrogens (tertiary/aromatic N) is 2. The maximum Gasteiger partial charge on any atom is 0.244 e. The first-order valence-electron chi connectivity index (χ1n) is 6.87. The van der Waals surface area contributed by atoms with Crippen LogP contribution in [0.4, 0.5) is 0 Å². The van der Waals surface area contributed by atoms with E-state index in [9.17, 15) is 10.1 Å². The van der Waals surface area contributed by atoms with Crippen molar-refractivity contribution in [2.75, 3.05) is 0 Å². The summed E-state index contributed by atoms with van der Waals surface area (Å²) in [6.07, 6.45) is 5.18. The lowest BCUT2D eigenvalue weighted by Gasteiger charge is -2.44. The summed E-state index contributed by atoms with van der Waals surface area (Å²) in [5.74, 6) is 0. The first-order chi connectivity index (χ1) is 9.16. The predicted molar refractivity (Wildman–Crippen MR) is 74.0 cm³/mol.